The number of methoxy groups -OCH3 is 1. The fraction of sp³-hybridized carbons (Fsp3) is 0.182. The Hall–Kier alpha value is -3.23. The summed E-state index contributed by atoms with van der Waals surface area (Å²) in [7, 11) is 1.29. The molecule has 7 nitrogen and oxygen atoms in total. The summed E-state index contributed by atoms with van der Waals surface area (Å²) in [6, 6.07) is 13.5. The summed E-state index contributed by atoms with van der Waals surface area (Å²) in [6.45, 7) is 2.22. The van der Waals surface area contributed by atoms with E-state index >= 15 is 0 Å². The first-order valence-electron chi connectivity index (χ1n) is 9.37. The van der Waals surface area contributed by atoms with Crippen molar-refractivity contribution in [3.63, 3.8) is 0 Å². The number of rotatable bonds is 6. The lowest BCUT2D eigenvalue weighted by Gasteiger charge is -2.07. The Balaban J connectivity index is 1.51. The van der Waals surface area contributed by atoms with Gasteiger partial charge in [-0.05, 0) is 43.3 Å². The first-order valence-corrected chi connectivity index (χ1v) is 10.6. The number of hydrogen-bond donors (Lipinski definition) is 2. The Kier molecular flexibility index (Phi) is 7.38. The molecule has 2 aromatic carbocycles. The monoisotopic (exact) mass is 457 g/mol. The van der Waals surface area contributed by atoms with Crippen molar-refractivity contribution >= 4 is 46.4 Å². The number of aryl methyl sites for hydroxylation is 1. The molecule has 0 aliphatic rings. The minimum Gasteiger partial charge on any atom is -0.465 e. The molecule has 160 valence electrons. The van der Waals surface area contributed by atoms with Crippen LogP contribution in [0.4, 0.5) is 5.69 Å². The third-order valence-corrected chi connectivity index (χ3v) is 5.91. The van der Waals surface area contributed by atoms with E-state index in [4.69, 9.17) is 11.6 Å². The Bertz CT molecular complexity index is 1090. The minimum atomic E-state index is -0.784. The molecule has 0 atom stereocenters. The predicted octanol–water partition coefficient (Wildman–Crippen LogP) is 3.86. The van der Waals surface area contributed by atoms with Gasteiger partial charge in [0.2, 0.25) is 0 Å². The maximum absolute atomic E-state index is 12.1. The van der Waals surface area contributed by atoms with Crippen LogP contribution in [0.3, 0.4) is 0 Å². The molecule has 31 heavy (non-hydrogen) atoms. The van der Waals surface area contributed by atoms with Crippen molar-refractivity contribution in [3.8, 4) is 10.6 Å². The number of carbonyl (C=O) groups is 3. The number of thiazole rings is 1. The van der Waals surface area contributed by atoms with Gasteiger partial charge in [0.05, 0.1) is 18.4 Å². The second-order valence-corrected chi connectivity index (χ2v) is 8.08. The third-order valence-electron chi connectivity index (χ3n) is 4.39. The van der Waals surface area contributed by atoms with Gasteiger partial charge in [-0.3, -0.25) is 9.59 Å². The summed E-state index contributed by atoms with van der Waals surface area (Å²) in [6.07, 6.45) is 0.559. The van der Waals surface area contributed by atoms with Crippen LogP contribution < -0.4 is 10.6 Å². The van der Waals surface area contributed by atoms with Gasteiger partial charge in [-0.2, -0.15) is 0 Å². The van der Waals surface area contributed by atoms with Crippen molar-refractivity contribution in [1.82, 2.24) is 10.3 Å². The van der Waals surface area contributed by atoms with Crippen LogP contribution in [0.15, 0.2) is 48.5 Å². The molecule has 2 N–H and O–H groups in total. The average molecular weight is 458 g/mol. The van der Waals surface area contributed by atoms with Gasteiger partial charge in [0.25, 0.3) is 0 Å². The Morgan fingerprint density at radius 2 is 1.71 bits per heavy atom. The molecule has 9 heteroatoms. The molecule has 0 spiro atoms. The zero-order valence-corrected chi connectivity index (χ0v) is 18.5. The van der Waals surface area contributed by atoms with E-state index in [0.29, 0.717) is 29.2 Å². The fourth-order valence-corrected chi connectivity index (χ4v) is 3.93. The molecule has 0 aliphatic heterocycles. The number of nitrogens with zero attached hydrogens (tertiary/aromatic N) is 1. The molecule has 0 saturated heterocycles. The number of amides is 2. The first-order chi connectivity index (χ1) is 14.9. The lowest BCUT2D eigenvalue weighted by atomic mass is 10.2. The first kappa shape index (κ1) is 22.5. The van der Waals surface area contributed by atoms with Crippen LogP contribution in [0.2, 0.25) is 5.02 Å². The summed E-state index contributed by atoms with van der Waals surface area (Å²) in [5, 5.41) is 6.65. The number of benzene rings is 2. The Labute approximate surface area is 188 Å². The van der Waals surface area contributed by atoms with E-state index in [-0.39, 0.29) is 0 Å². The largest absolute Gasteiger partial charge is 0.465 e. The van der Waals surface area contributed by atoms with Crippen LogP contribution in [0, 0.1) is 6.92 Å². The van der Waals surface area contributed by atoms with Gasteiger partial charge in [0.15, 0.2) is 0 Å². The van der Waals surface area contributed by atoms with Gasteiger partial charge in [-0.15, -0.1) is 11.3 Å². The summed E-state index contributed by atoms with van der Waals surface area (Å²) < 4.78 is 4.62. The fourth-order valence-electron chi connectivity index (χ4n) is 2.74. The van der Waals surface area contributed by atoms with E-state index in [9.17, 15) is 14.4 Å². The van der Waals surface area contributed by atoms with Crippen molar-refractivity contribution in [2.75, 3.05) is 19.0 Å². The molecule has 0 fully saturated rings. The van der Waals surface area contributed by atoms with Crippen molar-refractivity contribution in [2.24, 2.45) is 0 Å². The molecule has 1 aromatic heterocycles. The van der Waals surface area contributed by atoms with Crippen molar-refractivity contribution in [3.05, 3.63) is 69.7 Å². The van der Waals surface area contributed by atoms with Crippen LogP contribution in [0.25, 0.3) is 10.6 Å². The SMILES string of the molecule is COC(=O)c1ccc(NC(=O)C(=O)NCCc2sc(-c3ccc(Cl)cc3)nc2C)cc1. The van der Waals surface area contributed by atoms with Crippen LogP contribution in [-0.4, -0.2) is 36.4 Å². The number of aromatic nitrogens is 1. The molecular formula is C22H20ClN3O4S. The molecule has 3 rings (SSSR count). The van der Waals surface area contributed by atoms with Crippen LogP contribution in [0.1, 0.15) is 20.9 Å². The third kappa shape index (κ3) is 5.90. The highest BCUT2D eigenvalue weighted by atomic mass is 35.5. The summed E-state index contributed by atoms with van der Waals surface area (Å²) in [4.78, 5) is 41.2. The molecule has 2 amide bonds. The zero-order valence-electron chi connectivity index (χ0n) is 16.9. The molecule has 3 aromatic rings. The van der Waals surface area contributed by atoms with E-state index in [0.717, 1.165) is 21.1 Å². The summed E-state index contributed by atoms with van der Waals surface area (Å²) in [5.41, 5.74) is 2.62. The van der Waals surface area contributed by atoms with Crippen molar-refractivity contribution in [2.45, 2.75) is 13.3 Å². The standard InChI is InChI=1S/C22H20ClN3O4S/c1-13-18(31-21(25-13)14-3-7-16(23)8-4-14)11-12-24-19(27)20(28)26-17-9-5-15(6-10-17)22(29)30-2/h3-10H,11-12H2,1-2H3,(H,24,27)(H,26,28). The van der Waals surface area contributed by atoms with E-state index in [1.807, 2.05) is 31.2 Å². The van der Waals surface area contributed by atoms with Crippen LogP contribution in [0.5, 0.6) is 0 Å². The normalized spacial score (nSPS) is 10.4. The maximum atomic E-state index is 12.1. The smallest absolute Gasteiger partial charge is 0.337 e. The van der Waals surface area contributed by atoms with Crippen LogP contribution >= 0.6 is 22.9 Å². The van der Waals surface area contributed by atoms with E-state index in [1.165, 1.54) is 31.4 Å². The Morgan fingerprint density at radius 1 is 1.03 bits per heavy atom. The number of halogens is 1. The lowest BCUT2D eigenvalue weighted by Crippen LogP contribution is -2.36. The van der Waals surface area contributed by atoms with Gasteiger partial charge >= 0.3 is 17.8 Å². The second-order valence-electron chi connectivity index (χ2n) is 6.56. The molecule has 0 bridgehead atoms. The van der Waals surface area contributed by atoms with Gasteiger partial charge in [0, 0.05) is 34.1 Å². The van der Waals surface area contributed by atoms with Crippen molar-refractivity contribution < 1.29 is 19.1 Å². The number of anilines is 1. The molecule has 0 unspecified atom stereocenters. The number of ether oxygens (including phenoxy) is 1. The molecule has 1 heterocycles. The Morgan fingerprint density at radius 3 is 2.35 bits per heavy atom. The van der Waals surface area contributed by atoms with E-state index in [2.05, 4.69) is 20.4 Å². The maximum Gasteiger partial charge on any atom is 0.337 e. The minimum absolute atomic E-state index is 0.302. The van der Waals surface area contributed by atoms with E-state index in [1.54, 1.807) is 11.3 Å². The predicted molar refractivity (Wildman–Crippen MR) is 120 cm³/mol. The summed E-state index contributed by atoms with van der Waals surface area (Å²) >= 11 is 7.47. The topological polar surface area (TPSA) is 97.4 Å². The van der Waals surface area contributed by atoms with Gasteiger partial charge < -0.3 is 15.4 Å². The zero-order chi connectivity index (χ0) is 22.4. The van der Waals surface area contributed by atoms with Crippen molar-refractivity contribution in [1.29, 1.82) is 0 Å². The van der Waals surface area contributed by atoms with Gasteiger partial charge in [0.1, 0.15) is 5.01 Å². The number of esters is 1. The molecular weight excluding hydrogens is 438 g/mol. The van der Waals surface area contributed by atoms with E-state index < -0.39 is 17.8 Å². The highest BCUT2D eigenvalue weighted by Crippen LogP contribution is 2.29. The number of nitrogens with one attached hydrogen (secondary N) is 2. The highest BCUT2D eigenvalue weighted by molar-refractivity contribution is 7.15. The van der Waals surface area contributed by atoms with Crippen LogP contribution in [-0.2, 0) is 20.7 Å². The van der Waals surface area contributed by atoms with Gasteiger partial charge in [-0.25, -0.2) is 9.78 Å². The average Bonchev–Trinajstić information content (AvgIpc) is 3.14. The molecule has 0 aliphatic carbocycles. The summed E-state index contributed by atoms with van der Waals surface area (Å²) in [5.74, 6) is -2.00. The second kappa shape index (κ2) is 10.2. The quantitative estimate of drug-likeness (QED) is 0.432. The van der Waals surface area contributed by atoms with Gasteiger partial charge in [-0.1, -0.05) is 23.7 Å². The molecule has 0 radical (unpaired) electrons. The highest BCUT2D eigenvalue weighted by Gasteiger charge is 2.15. The number of carbonyl (C=O) groups excluding carboxylic acids is 3. The lowest BCUT2D eigenvalue weighted by molar-refractivity contribution is -0.136. The molecule has 0 saturated carbocycles. The number of hydrogen-bond acceptors (Lipinski definition) is 6.